The number of nitrogens with one attached hydrogen (secondary N) is 2. The second-order valence-corrected chi connectivity index (χ2v) is 7.63. The van der Waals surface area contributed by atoms with E-state index in [2.05, 4.69) is 10.6 Å². The quantitative estimate of drug-likeness (QED) is 0.609. The molecule has 1 heterocycles. The molecule has 6 nitrogen and oxygen atoms in total. The van der Waals surface area contributed by atoms with Gasteiger partial charge in [0.1, 0.15) is 12.1 Å². The van der Waals surface area contributed by atoms with E-state index in [-0.39, 0.29) is 6.54 Å². The number of rotatable bonds is 6. The molecule has 1 fully saturated rings. The summed E-state index contributed by atoms with van der Waals surface area (Å²) in [4.78, 5) is 39.5. The van der Waals surface area contributed by atoms with Gasteiger partial charge in [-0.25, -0.2) is 4.79 Å². The third-order valence-electron chi connectivity index (χ3n) is 5.50. The van der Waals surface area contributed by atoms with Crippen LogP contribution < -0.4 is 10.6 Å². The van der Waals surface area contributed by atoms with Crippen molar-refractivity contribution in [2.24, 2.45) is 0 Å². The van der Waals surface area contributed by atoms with E-state index in [0.717, 1.165) is 16.0 Å². The number of hydrogen-bond donors (Lipinski definition) is 2. The smallest absolute Gasteiger partial charge is 0.325 e. The van der Waals surface area contributed by atoms with E-state index >= 15 is 0 Å². The lowest BCUT2D eigenvalue weighted by Crippen LogP contribution is -2.44. The fourth-order valence-electron chi connectivity index (χ4n) is 3.81. The Morgan fingerprint density at radius 2 is 1.35 bits per heavy atom. The molecule has 0 aliphatic carbocycles. The van der Waals surface area contributed by atoms with Crippen LogP contribution in [0.4, 0.5) is 4.79 Å². The maximum Gasteiger partial charge on any atom is 0.325 e. The molecule has 3 aromatic carbocycles. The molecule has 1 aliphatic heterocycles. The molecule has 0 aromatic heterocycles. The molecule has 0 saturated carbocycles. The lowest BCUT2D eigenvalue weighted by molar-refractivity contribution is -0.135. The van der Waals surface area contributed by atoms with Gasteiger partial charge < -0.3 is 10.6 Å². The Balaban J connectivity index is 1.53. The summed E-state index contributed by atoms with van der Waals surface area (Å²) < 4.78 is 0. The highest BCUT2D eigenvalue weighted by atomic mass is 16.2. The van der Waals surface area contributed by atoms with Crippen LogP contribution in [0.25, 0.3) is 0 Å². The van der Waals surface area contributed by atoms with Gasteiger partial charge in [-0.15, -0.1) is 0 Å². The zero-order valence-corrected chi connectivity index (χ0v) is 17.1. The fourth-order valence-corrected chi connectivity index (χ4v) is 3.81. The number of nitrogens with zero attached hydrogens (tertiary/aromatic N) is 1. The Hall–Kier alpha value is -3.93. The Labute approximate surface area is 180 Å². The van der Waals surface area contributed by atoms with Gasteiger partial charge in [-0.1, -0.05) is 91.0 Å². The molecule has 3 aromatic rings. The van der Waals surface area contributed by atoms with Crippen molar-refractivity contribution < 1.29 is 14.4 Å². The van der Waals surface area contributed by atoms with Crippen LogP contribution >= 0.6 is 0 Å². The molecule has 0 unspecified atom stereocenters. The van der Waals surface area contributed by atoms with Crippen molar-refractivity contribution in [1.82, 2.24) is 15.5 Å². The highest BCUT2D eigenvalue weighted by Gasteiger charge is 2.49. The fraction of sp³-hybridized carbons (Fsp3) is 0.160. The van der Waals surface area contributed by atoms with Gasteiger partial charge in [0.2, 0.25) is 5.91 Å². The zero-order valence-electron chi connectivity index (χ0n) is 17.1. The molecule has 2 N–H and O–H groups in total. The minimum atomic E-state index is -1.20. The van der Waals surface area contributed by atoms with Crippen molar-refractivity contribution >= 4 is 17.8 Å². The SMILES string of the molecule is C[C@@]1(c2ccccc2)NC(=O)N(CC(=O)NC(c2ccccc2)c2ccccc2)C1=O. The maximum absolute atomic E-state index is 13.1. The normalized spacial score (nSPS) is 18.2. The Morgan fingerprint density at radius 3 is 1.87 bits per heavy atom. The van der Waals surface area contributed by atoms with Gasteiger partial charge in [-0.2, -0.15) is 0 Å². The average molecular weight is 413 g/mol. The highest BCUT2D eigenvalue weighted by molar-refractivity contribution is 6.09. The highest BCUT2D eigenvalue weighted by Crippen LogP contribution is 2.28. The first-order valence-corrected chi connectivity index (χ1v) is 10.1. The van der Waals surface area contributed by atoms with Gasteiger partial charge in [0.05, 0.1) is 6.04 Å². The monoisotopic (exact) mass is 413 g/mol. The number of carbonyl (C=O) groups is 3. The molecule has 6 heteroatoms. The van der Waals surface area contributed by atoms with Crippen molar-refractivity contribution in [2.75, 3.05) is 6.54 Å². The van der Waals surface area contributed by atoms with Crippen LogP contribution in [0.15, 0.2) is 91.0 Å². The molecular formula is C25H23N3O3. The van der Waals surface area contributed by atoms with Crippen LogP contribution in [-0.2, 0) is 15.1 Å². The maximum atomic E-state index is 13.1. The summed E-state index contributed by atoms with van der Waals surface area (Å²) in [5.41, 5.74) is 1.29. The molecule has 156 valence electrons. The van der Waals surface area contributed by atoms with Gasteiger partial charge in [-0.3, -0.25) is 14.5 Å². The number of amides is 4. The number of hydrogen-bond acceptors (Lipinski definition) is 3. The zero-order chi connectivity index (χ0) is 21.8. The predicted molar refractivity (Wildman–Crippen MR) is 117 cm³/mol. The second-order valence-electron chi connectivity index (χ2n) is 7.63. The Kier molecular flexibility index (Phi) is 5.54. The first kappa shape index (κ1) is 20.3. The summed E-state index contributed by atoms with van der Waals surface area (Å²) in [6, 6.07) is 27.2. The van der Waals surface area contributed by atoms with Crippen molar-refractivity contribution in [1.29, 1.82) is 0 Å². The van der Waals surface area contributed by atoms with Gasteiger partial charge in [-0.05, 0) is 23.6 Å². The standard InChI is InChI=1S/C25H23N3O3/c1-25(20-15-9-4-10-16-20)23(30)28(24(31)27-25)17-21(29)26-22(18-11-5-2-6-12-18)19-13-7-3-8-14-19/h2-16,22H,17H2,1H3,(H,26,29)(H,27,31)/t25-/m0/s1. The van der Waals surface area contributed by atoms with Crippen LogP contribution in [0.1, 0.15) is 29.7 Å². The van der Waals surface area contributed by atoms with E-state index in [0.29, 0.717) is 5.56 Å². The third kappa shape index (κ3) is 4.05. The summed E-state index contributed by atoms with van der Waals surface area (Å²) in [6.45, 7) is 1.29. The van der Waals surface area contributed by atoms with Crippen LogP contribution in [0.2, 0.25) is 0 Å². The first-order valence-electron chi connectivity index (χ1n) is 10.1. The molecule has 1 saturated heterocycles. The second kappa shape index (κ2) is 8.44. The summed E-state index contributed by atoms with van der Waals surface area (Å²) >= 11 is 0. The van der Waals surface area contributed by atoms with Crippen molar-refractivity contribution in [3.63, 3.8) is 0 Å². The largest absolute Gasteiger partial charge is 0.344 e. The van der Waals surface area contributed by atoms with Gasteiger partial charge in [0.15, 0.2) is 0 Å². The number of benzene rings is 3. The topological polar surface area (TPSA) is 78.5 Å². The van der Waals surface area contributed by atoms with Gasteiger partial charge >= 0.3 is 6.03 Å². The van der Waals surface area contributed by atoms with E-state index in [1.807, 2.05) is 66.7 Å². The molecule has 4 amide bonds. The van der Waals surface area contributed by atoms with E-state index in [1.165, 1.54) is 0 Å². The van der Waals surface area contributed by atoms with Gasteiger partial charge in [0.25, 0.3) is 5.91 Å². The first-order chi connectivity index (χ1) is 15.0. The summed E-state index contributed by atoms with van der Waals surface area (Å²) in [5, 5.41) is 5.70. The molecule has 1 atom stereocenters. The van der Waals surface area contributed by atoms with Crippen molar-refractivity contribution in [2.45, 2.75) is 18.5 Å². The minimum Gasteiger partial charge on any atom is -0.344 e. The molecule has 31 heavy (non-hydrogen) atoms. The van der Waals surface area contributed by atoms with E-state index < -0.39 is 29.4 Å². The van der Waals surface area contributed by atoms with E-state index in [1.54, 1.807) is 31.2 Å². The van der Waals surface area contributed by atoms with E-state index in [9.17, 15) is 14.4 Å². The van der Waals surface area contributed by atoms with Gasteiger partial charge in [0, 0.05) is 0 Å². The number of carbonyl (C=O) groups excluding carboxylic acids is 3. The predicted octanol–water partition coefficient (Wildman–Crippen LogP) is 3.36. The van der Waals surface area contributed by atoms with E-state index in [4.69, 9.17) is 0 Å². The van der Waals surface area contributed by atoms with Crippen molar-refractivity contribution in [3.05, 3.63) is 108 Å². The Bertz CT molecular complexity index is 1050. The minimum absolute atomic E-state index is 0.358. The van der Waals surface area contributed by atoms with Crippen LogP contribution in [0.3, 0.4) is 0 Å². The molecule has 1 aliphatic rings. The number of imide groups is 1. The molecule has 0 radical (unpaired) electrons. The van der Waals surface area contributed by atoms with Crippen LogP contribution in [0.5, 0.6) is 0 Å². The molecular weight excluding hydrogens is 390 g/mol. The average Bonchev–Trinajstić information content (AvgIpc) is 3.03. The summed E-state index contributed by atoms with van der Waals surface area (Å²) in [5.74, 6) is -0.867. The van der Waals surface area contributed by atoms with Crippen molar-refractivity contribution in [3.8, 4) is 0 Å². The summed E-state index contributed by atoms with van der Waals surface area (Å²) in [6.07, 6.45) is 0. The Morgan fingerprint density at radius 1 is 0.871 bits per heavy atom. The molecule has 0 spiro atoms. The summed E-state index contributed by atoms with van der Waals surface area (Å²) in [7, 11) is 0. The van der Waals surface area contributed by atoms with Crippen LogP contribution in [0, 0.1) is 0 Å². The lowest BCUT2D eigenvalue weighted by Gasteiger charge is -2.23. The number of urea groups is 1. The molecule has 0 bridgehead atoms. The van der Waals surface area contributed by atoms with Crippen LogP contribution in [-0.4, -0.2) is 29.3 Å². The molecule has 4 rings (SSSR count). The third-order valence-corrected chi connectivity index (χ3v) is 5.50. The lowest BCUT2D eigenvalue weighted by atomic mass is 9.92.